The first kappa shape index (κ1) is 8.81. The molecule has 4 heteroatoms. The van der Waals surface area contributed by atoms with Crippen LogP contribution in [0.3, 0.4) is 0 Å². The molecule has 0 heterocycles. The fourth-order valence-corrected chi connectivity index (χ4v) is 0.385. The van der Waals surface area contributed by atoms with Gasteiger partial charge >= 0.3 is 0 Å². The average Bonchev–Trinajstić information content (AvgIpc) is 1.98. The predicted molar refractivity (Wildman–Crippen MR) is 41.3 cm³/mol. The molecule has 0 fully saturated rings. The van der Waals surface area contributed by atoms with Crippen LogP contribution in [0.5, 0.6) is 0 Å². The van der Waals surface area contributed by atoms with E-state index in [1.165, 1.54) is 0 Å². The maximum Gasteiger partial charge on any atom is 0.211 e. The van der Waals surface area contributed by atoms with Gasteiger partial charge in [0.25, 0.3) is 0 Å². The minimum Gasteiger partial charge on any atom is -0.311 e. The molecular weight excluding hydrogens is 130 g/mol. The quantitative estimate of drug-likeness (QED) is 0.264. The molecule has 0 aliphatic heterocycles. The zero-order chi connectivity index (χ0) is 7.82. The molecule has 10 heavy (non-hydrogen) atoms. The van der Waals surface area contributed by atoms with Gasteiger partial charge in [-0.25, -0.2) is 4.99 Å². The Kier molecular flexibility index (Phi) is 5.23. The Morgan fingerprint density at radius 3 is 2.80 bits per heavy atom. The molecule has 0 amide bonds. The molecular formula is C6H11N3O. The molecule has 0 rings (SSSR count). The van der Waals surface area contributed by atoms with Gasteiger partial charge in [0.15, 0.2) is 6.29 Å². The van der Waals surface area contributed by atoms with Crippen LogP contribution in [0.4, 0.5) is 0 Å². The summed E-state index contributed by atoms with van der Waals surface area (Å²) in [5.74, 6) is 0.171. The number of hydrogen-bond acceptors (Lipinski definition) is 3. The van der Waals surface area contributed by atoms with E-state index in [9.17, 15) is 4.79 Å². The van der Waals surface area contributed by atoms with Crippen LogP contribution < -0.4 is 5.43 Å². The van der Waals surface area contributed by atoms with Gasteiger partial charge in [0.05, 0.1) is 0 Å². The van der Waals surface area contributed by atoms with E-state index in [4.69, 9.17) is 0 Å². The molecule has 0 atom stereocenters. The molecule has 4 nitrogen and oxygen atoms in total. The molecule has 0 unspecified atom stereocenters. The summed E-state index contributed by atoms with van der Waals surface area (Å²) in [4.78, 5) is 13.9. The van der Waals surface area contributed by atoms with Crippen LogP contribution in [0.1, 0.15) is 13.3 Å². The van der Waals surface area contributed by atoms with Gasteiger partial charge in [0, 0.05) is 13.3 Å². The Morgan fingerprint density at radius 2 is 2.40 bits per heavy atom. The van der Waals surface area contributed by atoms with Gasteiger partial charge in [0.2, 0.25) is 5.84 Å². The highest BCUT2D eigenvalue weighted by Gasteiger charge is 1.87. The summed E-state index contributed by atoms with van der Waals surface area (Å²) in [6.07, 6.45) is 3.03. The first-order valence-electron chi connectivity index (χ1n) is 3.07. The molecule has 0 aliphatic rings. The van der Waals surface area contributed by atoms with Gasteiger partial charge in [-0.05, 0) is 6.42 Å². The van der Waals surface area contributed by atoms with Gasteiger partial charge in [-0.15, -0.1) is 0 Å². The van der Waals surface area contributed by atoms with E-state index in [1.54, 1.807) is 13.3 Å². The fourth-order valence-electron chi connectivity index (χ4n) is 0.385. The molecule has 0 spiro atoms. The van der Waals surface area contributed by atoms with Crippen molar-refractivity contribution in [1.82, 2.24) is 5.43 Å². The number of aliphatic imine (C=N–C) groups is 1. The van der Waals surface area contributed by atoms with Gasteiger partial charge in [-0.2, -0.15) is 5.10 Å². The third-order valence-electron chi connectivity index (χ3n) is 0.738. The average molecular weight is 141 g/mol. The number of amidine groups is 1. The number of aldehydes is 1. The van der Waals surface area contributed by atoms with Crippen molar-refractivity contribution < 1.29 is 4.79 Å². The summed E-state index contributed by atoms with van der Waals surface area (Å²) in [7, 11) is 1.62. The summed E-state index contributed by atoms with van der Waals surface area (Å²) in [6, 6.07) is 0. The van der Waals surface area contributed by atoms with Crippen molar-refractivity contribution in [2.45, 2.75) is 13.3 Å². The van der Waals surface area contributed by atoms with Gasteiger partial charge in [-0.1, -0.05) is 6.92 Å². The Bertz CT molecular complexity index is 151. The Labute approximate surface area is 60.0 Å². The first-order valence-corrected chi connectivity index (χ1v) is 3.07. The number of rotatable bonds is 3. The minimum absolute atomic E-state index is 0.171. The summed E-state index contributed by atoms with van der Waals surface area (Å²) >= 11 is 0. The number of nitrogens with one attached hydrogen (secondary N) is 1. The van der Waals surface area contributed by atoms with Crippen molar-refractivity contribution >= 4 is 18.3 Å². The molecule has 0 saturated heterocycles. The smallest absolute Gasteiger partial charge is 0.211 e. The van der Waals surface area contributed by atoms with Crippen molar-refractivity contribution in [3.63, 3.8) is 0 Å². The molecule has 56 valence electrons. The molecule has 0 radical (unpaired) electrons. The Hall–Kier alpha value is -1.19. The van der Waals surface area contributed by atoms with Crippen LogP contribution in [-0.2, 0) is 4.79 Å². The SMILES string of the molecule is CCC=N/C(C=O)=N\NC. The lowest BCUT2D eigenvalue weighted by Gasteiger charge is -1.87. The number of carbonyl (C=O) groups is 1. The van der Waals surface area contributed by atoms with Gasteiger partial charge in [0.1, 0.15) is 0 Å². The molecule has 0 aromatic heterocycles. The monoisotopic (exact) mass is 141 g/mol. The molecule has 0 aromatic rings. The lowest BCUT2D eigenvalue weighted by molar-refractivity contribution is -0.102. The van der Waals surface area contributed by atoms with Gasteiger partial charge in [-0.3, -0.25) is 4.79 Å². The maximum absolute atomic E-state index is 10.1. The highest BCUT2D eigenvalue weighted by molar-refractivity contribution is 6.28. The molecule has 0 bridgehead atoms. The maximum atomic E-state index is 10.1. The van der Waals surface area contributed by atoms with E-state index < -0.39 is 0 Å². The van der Waals surface area contributed by atoms with E-state index in [1.807, 2.05) is 6.92 Å². The lowest BCUT2D eigenvalue weighted by atomic mass is 10.5. The van der Waals surface area contributed by atoms with Crippen LogP contribution in [-0.4, -0.2) is 25.4 Å². The summed E-state index contributed by atoms with van der Waals surface area (Å²) in [5.41, 5.74) is 2.47. The van der Waals surface area contributed by atoms with Crippen LogP contribution in [0.25, 0.3) is 0 Å². The molecule has 0 aromatic carbocycles. The molecule has 0 saturated carbocycles. The Balaban J connectivity index is 3.94. The largest absolute Gasteiger partial charge is 0.311 e. The van der Waals surface area contributed by atoms with Crippen molar-refractivity contribution in [2.24, 2.45) is 10.1 Å². The van der Waals surface area contributed by atoms with Crippen molar-refractivity contribution in [1.29, 1.82) is 0 Å². The second-order valence-corrected chi connectivity index (χ2v) is 1.53. The normalized spacial score (nSPS) is 12.0. The summed E-state index contributed by atoms with van der Waals surface area (Å²) in [5, 5.41) is 3.58. The number of hydrazone groups is 1. The van der Waals surface area contributed by atoms with Crippen LogP contribution >= 0.6 is 0 Å². The van der Waals surface area contributed by atoms with E-state index >= 15 is 0 Å². The van der Waals surface area contributed by atoms with Crippen LogP contribution in [0, 0.1) is 0 Å². The van der Waals surface area contributed by atoms with Crippen molar-refractivity contribution in [2.75, 3.05) is 7.05 Å². The van der Waals surface area contributed by atoms with E-state index in [0.29, 0.717) is 6.29 Å². The minimum atomic E-state index is 0.171. The number of nitrogens with zero attached hydrogens (tertiary/aromatic N) is 2. The van der Waals surface area contributed by atoms with Crippen LogP contribution in [0.15, 0.2) is 10.1 Å². The van der Waals surface area contributed by atoms with Crippen molar-refractivity contribution in [3.05, 3.63) is 0 Å². The fraction of sp³-hybridized carbons (Fsp3) is 0.500. The molecule has 1 N–H and O–H groups in total. The molecule has 0 aliphatic carbocycles. The van der Waals surface area contributed by atoms with E-state index in [-0.39, 0.29) is 5.84 Å². The second kappa shape index (κ2) is 5.94. The van der Waals surface area contributed by atoms with Crippen LogP contribution in [0.2, 0.25) is 0 Å². The highest BCUT2D eigenvalue weighted by atomic mass is 16.1. The predicted octanol–water partition coefficient (Wildman–Crippen LogP) is 0.199. The highest BCUT2D eigenvalue weighted by Crippen LogP contribution is 1.74. The zero-order valence-corrected chi connectivity index (χ0v) is 6.16. The number of hydrogen-bond donors (Lipinski definition) is 1. The zero-order valence-electron chi connectivity index (χ0n) is 6.16. The second-order valence-electron chi connectivity index (χ2n) is 1.53. The van der Waals surface area contributed by atoms with E-state index in [0.717, 1.165) is 6.42 Å². The van der Waals surface area contributed by atoms with E-state index in [2.05, 4.69) is 15.5 Å². The summed E-state index contributed by atoms with van der Waals surface area (Å²) < 4.78 is 0. The van der Waals surface area contributed by atoms with Crippen molar-refractivity contribution in [3.8, 4) is 0 Å². The lowest BCUT2D eigenvalue weighted by Crippen LogP contribution is -2.04. The summed E-state index contributed by atoms with van der Waals surface area (Å²) in [6.45, 7) is 1.94. The Morgan fingerprint density at radius 1 is 1.70 bits per heavy atom. The third-order valence-corrected chi connectivity index (χ3v) is 0.738. The topological polar surface area (TPSA) is 53.8 Å². The third kappa shape index (κ3) is 3.77. The van der Waals surface area contributed by atoms with Gasteiger partial charge < -0.3 is 5.43 Å². The standard InChI is InChI=1S/C6H11N3O/c1-3-4-8-6(5-10)9-7-2/h4-5,7H,3H2,1-2H3/b8-4?,9-6-. The first-order chi connectivity index (χ1) is 4.85. The number of carbonyl (C=O) groups excluding carboxylic acids is 1.